The molecule has 1 atom stereocenters. The predicted octanol–water partition coefficient (Wildman–Crippen LogP) is 6.17. The summed E-state index contributed by atoms with van der Waals surface area (Å²) in [5.41, 5.74) is 1.21. The zero-order valence-corrected chi connectivity index (χ0v) is 14.8. The Bertz CT molecular complexity index is 363. The summed E-state index contributed by atoms with van der Waals surface area (Å²) < 4.78 is 0. The van der Waals surface area contributed by atoms with Crippen LogP contribution in [0, 0.1) is 0 Å². The summed E-state index contributed by atoms with van der Waals surface area (Å²) in [6, 6.07) is 10.5. The van der Waals surface area contributed by atoms with Crippen LogP contribution in [0.1, 0.15) is 70.3 Å². The highest BCUT2D eigenvalue weighted by molar-refractivity contribution is 6.23. The van der Waals surface area contributed by atoms with Crippen LogP contribution in [-0.4, -0.2) is 19.0 Å². The van der Waals surface area contributed by atoms with E-state index in [4.69, 9.17) is 11.6 Å². The Labute approximate surface area is 136 Å². The molecule has 0 heterocycles. The van der Waals surface area contributed by atoms with Crippen molar-refractivity contribution in [2.24, 2.45) is 0 Å². The number of unbranched alkanes of at least 4 members (excludes halogenated alkanes) is 7. The Hall–Kier alpha value is -0.530. The molecule has 0 saturated heterocycles. The Morgan fingerprint density at radius 1 is 0.857 bits per heavy atom. The molecule has 1 aromatic rings. The maximum Gasteiger partial charge on any atom is 0.121 e. The van der Waals surface area contributed by atoms with Gasteiger partial charge in [0.05, 0.1) is 0 Å². The van der Waals surface area contributed by atoms with Crippen molar-refractivity contribution in [3.05, 3.63) is 35.9 Å². The lowest BCUT2D eigenvalue weighted by Gasteiger charge is -2.34. The van der Waals surface area contributed by atoms with Crippen molar-refractivity contribution in [1.82, 2.24) is 4.90 Å². The van der Waals surface area contributed by atoms with E-state index < -0.39 is 0 Å². The summed E-state index contributed by atoms with van der Waals surface area (Å²) in [7, 11) is 4.15. The van der Waals surface area contributed by atoms with Gasteiger partial charge in [-0.3, -0.25) is 4.90 Å². The van der Waals surface area contributed by atoms with Crippen molar-refractivity contribution in [3.63, 3.8) is 0 Å². The van der Waals surface area contributed by atoms with Gasteiger partial charge in [-0.15, -0.1) is 0 Å². The molecular formula is C19H32ClN. The van der Waals surface area contributed by atoms with Gasteiger partial charge in [-0.05, 0) is 26.1 Å². The van der Waals surface area contributed by atoms with Crippen LogP contribution in [0.15, 0.2) is 30.3 Å². The standard InChI is InChI=1S/C19H32ClN/c1-4-5-6-7-8-9-10-14-17-19(20,21(2)3)18-15-12-11-13-16-18/h11-13,15-16H,4-10,14,17H2,1-3H3. The fraction of sp³-hybridized carbons (Fsp3) is 0.684. The van der Waals surface area contributed by atoms with Crippen LogP contribution in [0.5, 0.6) is 0 Å². The third kappa shape index (κ3) is 6.40. The first-order valence-corrected chi connectivity index (χ1v) is 8.91. The average molecular weight is 310 g/mol. The smallest absolute Gasteiger partial charge is 0.121 e. The summed E-state index contributed by atoms with van der Waals surface area (Å²) in [5, 5.41) is 0. The SMILES string of the molecule is CCCCCCCCCCC(Cl)(c1ccccc1)N(C)C. The number of hydrogen-bond donors (Lipinski definition) is 0. The fourth-order valence-electron chi connectivity index (χ4n) is 2.81. The van der Waals surface area contributed by atoms with Crippen LogP contribution in [0.2, 0.25) is 0 Å². The van der Waals surface area contributed by atoms with Crippen LogP contribution < -0.4 is 0 Å². The topological polar surface area (TPSA) is 3.24 Å². The molecule has 1 nitrogen and oxygen atoms in total. The quantitative estimate of drug-likeness (QED) is 0.268. The van der Waals surface area contributed by atoms with Crippen molar-refractivity contribution >= 4 is 11.6 Å². The van der Waals surface area contributed by atoms with Gasteiger partial charge in [-0.1, -0.05) is 100 Å². The Kier molecular flexibility index (Phi) is 9.03. The highest BCUT2D eigenvalue weighted by Crippen LogP contribution is 2.36. The summed E-state index contributed by atoms with van der Waals surface area (Å²) in [6.45, 7) is 2.27. The molecule has 0 radical (unpaired) electrons. The first-order valence-electron chi connectivity index (χ1n) is 8.53. The molecule has 0 spiro atoms. The van der Waals surface area contributed by atoms with Gasteiger partial charge in [0.25, 0.3) is 0 Å². The number of benzene rings is 1. The number of alkyl halides is 1. The summed E-state index contributed by atoms with van der Waals surface area (Å²) in [5.74, 6) is 0. The minimum absolute atomic E-state index is 0.358. The molecule has 0 saturated carbocycles. The molecule has 2 heteroatoms. The second-order valence-corrected chi connectivity index (χ2v) is 6.87. The van der Waals surface area contributed by atoms with Gasteiger partial charge in [-0.2, -0.15) is 0 Å². The van der Waals surface area contributed by atoms with Gasteiger partial charge in [0.15, 0.2) is 0 Å². The van der Waals surface area contributed by atoms with Crippen LogP contribution in [0.25, 0.3) is 0 Å². The molecule has 1 aromatic carbocycles. The van der Waals surface area contributed by atoms with Gasteiger partial charge in [-0.25, -0.2) is 0 Å². The van der Waals surface area contributed by atoms with E-state index in [-0.39, 0.29) is 5.00 Å². The first-order chi connectivity index (χ1) is 10.1. The van der Waals surface area contributed by atoms with E-state index in [0.29, 0.717) is 0 Å². The van der Waals surface area contributed by atoms with Crippen LogP contribution in [-0.2, 0) is 5.00 Å². The van der Waals surface area contributed by atoms with E-state index in [9.17, 15) is 0 Å². The summed E-state index contributed by atoms with van der Waals surface area (Å²) >= 11 is 6.91. The molecule has 0 aliphatic carbocycles. The summed E-state index contributed by atoms with van der Waals surface area (Å²) in [6.07, 6.45) is 11.7. The lowest BCUT2D eigenvalue weighted by Crippen LogP contribution is -2.36. The second kappa shape index (κ2) is 10.2. The van der Waals surface area contributed by atoms with Crippen LogP contribution >= 0.6 is 11.6 Å². The number of halogens is 1. The van der Waals surface area contributed by atoms with Crippen molar-refractivity contribution in [1.29, 1.82) is 0 Å². The lowest BCUT2D eigenvalue weighted by molar-refractivity contribution is 0.229. The Morgan fingerprint density at radius 3 is 1.90 bits per heavy atom. The van der Waals surface area contributed by atoms with Crippen molar-refractivity contribution in [2.75, 3.05) is 14.1 Å². The van der Waals surface area contributed by atoms with Crippen molar-refractivity contribution < 1.29 is 0 Å². The van der Waals surface area contributed by atoms with Crippen molar-refractivity contribution in [2.45, 2.75) is 69.7 Å². The molecule has 0 aromatic heterocycles. The van der Waals surface area contributed by atoms with Crippen LogP contribution in [0.4, 0.5) is 0 Å². The first kappa shape index (κ1) is 18.5. The molecule has 21 heavy (non-hydrogen) atoms. The Morgan fingerprint density at radius 2 is 1.38 bits per heavy atom. The molecule has 0 amide bonds. The second-order valence-electron chi connectivity index (χ2n) is 6.24. The number of rotatable bonds is 11. The molecule has 0 fully saturated rings. The predicted molar refractivity (Wildman–Crippen MR) is 94.9 cm³/mol. The third-order valence-electron chi connectivity index (χ3n) is 4.29. The molecule has 0 bridgehead atoms. The molecule has 1 rings (SSSR count). The maximum atomic E-state index is 6.91. The molecule has 120 valence electrons. The van der Waals surface area contributed by atoms with E-state index in [1.54, 1.807) is 0 Å². The highest BCUT2D eigenvalue weighted by atomic mass is 35.5. The van der Waals surface area contributed by atoms with E-state index in [0.717, 1.165) is 6.42 Å². The van der Waals surface area contributed by atoms with Gasteiger partial charge in [0.1, 0.15) is 5.00 Å². The molecule has 1 unspecified atom stereocenters. The molecule has 0 aliphatic heterocycles. The maximum absolute atomic E-state index is 6.91. The molecular weight excluding hydrogens is 278 g/mol. The zero-order valence-electron chi connectivity index (χ0n) is 14.1. The van der Waals surface area contributed by atoms with Gasteiger partial charge >= 0.3 is 0 Å². The largest absolute Gasteiger partial charge is 0.287 e. The monoisotopic (exact) mass is 309 g/mol. The minimum atomic E-state index is -0.358. The average Bonchev–Trinajstić information content (AvgIpc) is 2.50. The van der Waals surface area contributed by atoms with Crippen molar-refractivity contribution in [3.8, 4) is 0 Å². The zero-order chi connectivity index (χ0) is 15.6. The number of hydrogen-bond acceptors (Lipinski definition) is 1. The van der Waals surface area contributed by atoms with E-state index in [2.05, 4.69) is 50.2 Å². The van der Waals surface area contributed by atoms with E-state index >= 15 is 0 Å². The van der Waals surface area contributed by atoms with E-state index in [1.807, 2.05) is 6.07 Å². The van der Waals surface area contributed by atoms with Gasteiger partial charge < -0.3 is 0 Å². The normalized spacial score (nSPS) is 14.3. The molecule has 0 aliphatic rings. The van der Waals surface area contributed by atoms with Gasteiger partial charge in [0.2, 0.25) is 0 Å². The van der Waals surface area contributed by atoms with E-state index in [1.165, 1.54) is 56.9 Å². The molecule has 0 N–H and O–H groups in total. The Balaban J connectivity index is 2.33. The number of nitrogens with zero attached hydrogens (tertiary/aromatic N) is 1. The summed E-state index contributed by atoms with van der Waals surface area (Å²) in [4.78, 5) is 1.79. The fourth-order valence-corrected chi connectivity index (χ4v) is 3.07. The lowest BCUT2D eigenvalue weighted by atomic mass is 9.98. The van der Waals surface area contributed by atoms with Crippen LogP contribution in [0.3, 0.4) is 0 Å². The minimum Gasteiger partial charge on any atom is -0.287 e. The highest BCUT2D eigenvalue weighted by Gasteiger charge is 2.31. The van der Waals surface area contributed by atoms with Gasteiger partial charge in [0, 0.05) is 0 Å². The third-order valence-corrected chi connectivity index (χ3v) is 5.03.